The second kappa shape index (κ2) is 7.37. The largest absolute Gasteiger partial charge is 0.444 e. The van der Waals surface area contributed by atoms with Gasteiger partial charge in [-0.25, -0.2) is 22.9 Å². The highest BCUT2D eigenvalue weighted by Crippen LogP contribution is 2.18. The molecule has 0 bridgehead atoms. The number of pyridine rings is 1. The summed E-state index contributed by atoms with van der Waals surface area (Å²) in [5, 5.41) is -0.0136. The lowest BCUT2D eigenvalue weighted by atomic mass is 10.1. The topological polar surface area (TPSA) is 88.6 Å². The molecule has 1 amide bonds. The van der Waals surface area contributed by atoms with Crippen molar-refractivity contribution in [3.05, 3.63) is 22.8 Å². The number of amides is 1. The number of nitrogens with zero attached hydrogens (tertiary/aromatic N) is 2. The maximum absolute atomic E-state index is 12.3. The van der Waals surface area contributed by atoms with Crippen molar-refractivity contribution < 1.29 is 17.9 Å². The molecule has 0 unspecified atom stereocenters. The van der Waals surface area contributed by atoms with Gasteiger partial charge in [-0.05, 0) is 61.7 Å². The second-order valence-electron chi connectivity index (χ2n) is 6.68. The Labute approximate surface area is 151 Å². The maximum atomic E-state index is 12.3. The van der Waals surface area contributed by atoms with Gasteiger partial charge < -0.3 is 9.64 Å². The molecule has 1 aliphatic rings. The summed E-state index contributed by atoms with van der Waals surface area (Å²) in [5.74, 6) is 0. The lowest BCUT2D eigenvalue weighted by Gasteiger charge is -2.33. The van der Waals surface area contributed by atoms with Crippen LogP contribution in [0.3, 0.4) is 0 Å². The number of carbonyl (C=O) groups excluding carboxylic acids is 1. The van der Waals surface area contributed by atoms with Crippen molar-refractivity contribution in [1.29, 1.82) is 0 Å². The van der Waals surface area contributed by atoms with Gasteiger partial charge in [-0.1, -0.05) is 0 Å². The molecule has 1 fully saturated rings. The molecule has 0 radical (unpaired) electrons. The minimum absolute atomic E-state index is 0.0136. The van der Waals surface area contributed by atoms with Crippen LogP contribution in [0.4, 0.5) is 4.79 Å². The second-order valence-corrected chi connectivity index (χ2v) is 9.25. The first-order chi connectivity index (χ1) is 11.1. The summed E-state index contributed by atoms with van der Waals surface area (Å²) in [6.45, 7) is 6.36. The first-order valence-electron chi connectivity index (χ1n) is 7.69. The van der Waals surface area contributed by atoms with Crippen molar-refractivity contribution in [2.45, 2.75) is 50.3 Å². The quantitative estimate of drug-likeness (QED) is 0.812. The molecule has 0 saturated carbocycles. The summed E-state index contributed by atoms with van der Waals surface area (Å²) in [6.07, 6.45) is 2.15. The van der Waals surface area contributed by atoms with Gasteiger partial charge in [-0.3, -0.25) is 0 Å². The molecule has 0 spiro atoms. The molecule has 1 aromatic rings. The molecule has 0 aliphatic carbocycles. The highest BCUT2D eigenvalue weighted by molar-refractivity contribution is 9.10. The Morgan fingerprint density at radius 1 is 1.33 bits per heavy atom. The average molecular weight is 420 g/mol. The minimum Gasteiger partial charge on any atom is -0.444 e. The molecule has 0 atom stereocenters. The highest BCUT2D eigenvalue weighted by atomic mass is 79.9. The van der Waals surface area contributed by atoms with E-state index in [-0.39, 0.29) is 17.2 Å². The number of halogens is 1. The Kier molecular flexibility index (Phi) is 5.87. The van der Waals surface area contributed by atoms with Crippen molar-refractivity contribution in [2.24, 2.45) is 0 Å². The summed E-state index contributed by atoms with van der Waals surface area (Å²) in [6, 6.07) is 2.86. The van der Waals surface area contributed by atoms with E-state index in [4.69, 9.17) is 4.74 Å². The van der Waals surface area contributed by atoms with E-state index < -0.39 is 15.6 Å². The van der Waals surface area contributed by atoms with Gasteiger partial charge in [-0.15, -0.1) is 0 Å². The summed E-state index contributed by atoms with van der Waals surface area (Å²) in [5.41, 5.74) is -0.539. The average Bonchev–Trinajstić information content (AvgIpc) is 2.46. The fourth-order valence-corrected chi connectivity index (χ4v) is 3.78. The van der Waals surface area contributed by atoms with E-state index in [9.17, 15) is 13.2 Å². The number of piperidine rings is 1. The summed E-state index contributed by atoms with van der Waals surface area (Å²) < 4.78 is 33.3. The fourth-order valence-electron chi connectivity index (χ4n) is 2.31. The molecule has 0 aromatic carbocycles. The predicted octanol–water partition coefficient (Wildman–Crippen LogP) is 2.52. The van der Waals surface area contributed by atoms with Crippen LogP contribution in [0.15, 0.2) is 27.8 Å². The molecule has 134 valence electrons. The van der Waals surface area contributed by atoms with Gasteiger partial charge in [0.05, 0.1) is 0 Å². The number of rotatable bonds is 3. The first kappa shape index (κ1) is 19.1. The molecule has 2 rings (SSSR count). The van der Waals surface area contributed by atoms with E-state index >= 15 is 0 Å². The zero-order chi connectivity index (χ0) is 18.0. The zero-order valence-electron chi connectivity index (χ0n) is 14.0. The van der Waals surface area contributed by atoms with Gasteiger partial charge in [0.2, 0.25) is 0 Å². The Hall–Kier alpha value is -1.19. The number of hydrogen-bond acceptors (Lipinski definition) is 5. The molecule has 7 nitrogen and oxygen atoms in total. The van der Waals surface area contributed by atoms with Crippen molar-refractivity contribution in [1.82, 2.24) is 14.6 Å². The lowest BCUT2D eigenvalue weighted by Crippen LogP contribution is -2.47. The summed E-state index contributed by atoms with van der Waals surface area (Å²) in [7, 11) is -3.66. The number of aromatic nitrogens is 1. The Morgan fingerprint density at radius 3 is 2.46 bits per heavy atom. The Bertz CT molecular complexity index is 678. The molecule has 1 aliphatic heterocycles. The molecule has 24 heavy (non-hydrogen) atoms. The van der Waals surface area contributed by atoms with E-state index in [2.05, 4.69) is 25.6 Å². The van der Waals surface area contributed by atoms with Gasteiger partial charge in [-0.2, -0.15) is 0 Å². The van der Waals surface area contributed by atoms with Crippen LogP contribution >= 0.6 is 15.9 Å². The van der Waals surface area contributed by atoms with Gasteiger partial charge in [0.1, 0.15) is 5.60 Å². The first-order valence-corrected chi connectivity index (χ1v) is 9.96. The summed E-state index contributed by atoms with van der Waals surface area (Å²) >= 11 is 3.22. The number of likely N-dealkylation sites (tertiary alicyclic amines) is 1. The zero-order valence-corrected chi connectivity index (χ0v) is 16.4. The number of ether oxygens (including phenoxy) is 1. The lowest BCUT2D eigenvalue weighted by molar-refractivity contribution is 0.0203. The molecule has 1 saturated heterocycles. The number of sulfonamides is 1. The maximum Gasteiger partial charge on any atom is 0.410 e. The van der Waals surface area contributed by atoms with Crippen LogP contribution in [-0.4, -0.2) is 49.1 Å². The number of carbonyl (C=O) groups is 1. The van der Waals surface area contributed by atoms with Crippen molar-refractivity contribution in [3.8, 4) is 0 Å². The standard InChI is InChI=1S/C15H22BrN3O4S/c1-15(2,3)23-14(20)19-8-6-12(7-9-19)18-24(21,22)13-5-4-11(16)10-17-13/h4-5,10,12,18H,6-9H2,1-3H3. The van der Waals surface area contributed by atoms with Crippen molar-refractivity contribution in [2.75, 3.05) is 13.1 Å². The van der Waals surface area contributed by atoms with Gasteiger partial charge >= 0.3 is 6.09 Å². The van der Waals surface area contributed by atoms with E-state index in [1.807, 2.05) is 20.8 Å². The van der Waals surface area contributed by atoms with Crippen LogP contribution in [-0.2, 0) is 14.8 Å². The van der Waals surface area contributed by atoms with Gasteiger partial charge in [0.25, 0.3) is 10.0 Å². The highest BCUT2D eigenvalue weighted by Gasteiger charge is 2.29. The van der Waals surface area contributed by atoms with Crippen LogP contribution in [0, 0.1) is 0 Å². The fraction of sp³-hybridized carbons (Fsp3) is 0.600. The molecule has 9 heteroatoms. The number of hydrogen-bond donors (Lipinski definition) is 1. The van der Waals surface area contributed by atoms with Gasteiger partial charge in [0, 0.05) is 29.8 Å². The van der Waals surface area contributed by atoms with E-state index in [1.165, 1.54) is 12.3 Å². The van der Waals surface area contributed by atoms with Crippen molar-refractivity contribution >= 4 is 32.0 Å². The minimum atomic E-state index is -3.66. The van der Waals surface area contributed by atoms with Crippen molar-refractivity contribution in [3.63, 3.8) is 0 Å². The smallest absolute Gasteiger partial charge is 0.410 e. The molecule has 2 heterocycles. The van der Waals surface area contributed by atoms with Crippen LogP contribution in [0.25, 0.3) is 0 Å². The van der Waals surface area contributed by atoms with Crippen LogP contribution in [0.2, 0.25) is 0 Å². The van der Waals surface area contributed by atoms with E-state index in [0.29, 0.717) is 30.4 Å². The molecular weight excluding hydrogens is 398 g/mol. The molecular formula is C15H22BrN3O4S. The van der Waals surface area contributed by atoms with Gasteiger partial charge in [0.15, 0.2) is 5.03 Å². The third-order valence-corrected chi connectivity index (χ3v) is 5.35. The SMILES string of the molecule is CC(C)(C)OC(=O)N1CCC(NS(=O)(=O)c2ccc(Br)cn2)CC1. The normalized spacial score (nSPS) is 16.9. The van der Waals surface area contributed by atoms with Crippen LogP contribution in [0.1, 0.15) is 33.6 Å². The predicted molar refractivity (Wildman–Crippen MR) is 93.1 cm³/mol. The molecule has 1 aromatic heterocycles. The van der Waals surface area contributed by atoms with Crippen LogP contribution in [0.5, 0.6) is 0 Å². The summed E-state index contributed by atoms with van der Waals surface area (Å²) in [4.78, 5) is 17.5. The van der Waals surface area contributed by atoms with E-state index in [0.717, 1.165) is 0 Å². The third kappa shape index (κ3) is 5.42. The Morgan fingerprint density at radius 2 is 1.96 bits per heavy atom. The Balaban J connectivity index is 1.91. The molecule has 1 N–H and O–H groups in total. The van der Waals surface area contributed by atoms with Crippen LogP contribution < -0.4 is 4.72 Å². The number of nitrogens with one attached hydrogen (secondary N) is 1. The monoisotopic (exact) mass is 419 g/mol. The third-order valence-electron chi connectivity index (χ3n) is 3.44. The van der Waals surface area contributed by atoms with E-state index in [1.54, 1.807) is 11.0 Å².